The van der Waals surface area contributed by atoms with E-state index in [1.807, 2.05) is 18.2 Å². The Hall–Kier alpha value is -0.910. The van der Waals surface area contributed by atoms with Crippen molar-refractivity contribution < 1.29 is 12.6 Å². The molecule has 2 rings (SSSR count). The fourth-order valence-electron chi connectivity index (χ4n) is 2.14. The van der Waals surface area contributed by atoms with Gasteiger partial charge in [0.15, 0.2) is 0 Å². The SMILES string of the molecule is CCS(=O)(=O)O[C@@H]1CCN(Cc2ccccc2)C1. The molecule has 0 saturated carbocycles. The number of benzene rings is 1. The molecule has 1 atom stereocenters. The summed E-state index contributed by atoms with van der Waals surface area (Å²) in [5.74, 6) is 0.0438. The van der Waals surface area contributed by atoms with Gasteiger partial charge in [-0.3, -0.25) is 9.08 Å². The van der Waals surface area contributed by atoms with Crippen molar-refractivity contribution in [3.8, 4) is 0 Å². The van der Waals surface area contributed by atoms with Gasteiger partial charge in [-0.2, -0.15) is 8.42 Å². The van der Waals surface area contributed by atoms with E-state index in [9.17, 15) is 8.42 Å². The minimum atomic E-state index is -3.33. The van der Waals surface area contributed by atoms with Crippen molar-refractivity contribution in [2.24, 2.45) is 0 Å². The van der Waals surface area contributed by atoms with Gasteiger partial charge in [-0.05, 0) is 18.9 Å². The van der Waals surface area contributed by atoms with Crippen LogP contribution in [0.15, 0.2) is 30.3 Å². The summed E-state index contributed by atoms with van der Waals surface area (Å²) >= 11 is 0. The monoisotopic (exact) mass is 269 g/mol. The fraction of sp³-hybridized carbons (Fsp3) is 0.538. The molecule has 1 aromatic carbocycles. The van der Waals surface area contributed by atoms with Crippen molar-refractivity contribution in [2.75, 3.05) is 18.8 Å². The van der Waals surface area contributed by atoms with E-state index in [1.54, 1.807) is 6.92 Å². The van der Waals surface area contributed by atoms with Crippen LogP contribution in [0.2, 0.25) is 0 Å². The predicted octanol–water partition coefficient (Wildman–Crippen LogP) is 1.63. The van der Waals surface area contributed by atoms with Crippen molar-refractivity contribution >= 4 is 10.1 Å². The third-order valence-corrected chi connectivity index (χ3v) is 4.39. The van der Waals surface area contributed by atoms with Crippen molar-refractivity contribution in [2.45, 2.75) is 26.0 Å². The smallest absolute Gasteiger partial charge is 0.267 e. The minimum absolute atomic E-state index is 0.0438. The molecule has 1 aromatic rings. The van der Waals surface area contributed by atoms with E-state index in [1.165, 1.54) is 5.56 Å². The Morgan fingerprint density at radius 2 is 2.06 bits per heavy atom. The van der Waals surface area contributed by atoms with Crippen LogP contribution in [-0.4, -0.2) is 38.3 Å². The minimum Gasteiger partial charge on any atom is -0.296 e. The van der Waals surface area contributed by atoms with Gasteiger partial charge in [-0.15, -0.1) is 0 Å². The molecule has 0 N–H and O–H groups in total. The van der Waals surface area contributed by atoms with E-state index in [-0.39, 0.29) is 11.9 Å². The average Bonchev–Trinajstić information content (AvgIpc) is 2.77. The summed E-state index contributed by atoms with van der Waals surface area (Å²) in [7, 11) is -3.33. The van der Waals surface area contributed by atoms with Crippen LogP contribution in [0.1, 0.15) is 18.9 Å². The lowest BCUT2D eigenvalue weighted by molar-refractivity contribution is 0.205. The molecule has 0 amide bonds. The summed E-state index contributed by atoms with van der Waals surface area (Å²) in [6.45, 7) is 4.03. The lowest BCUT2D eigenvalue weighted by Gasteiger charge is -2.15. The molecule has 0 aliphatic carbocycles. The largest absolute Gasteiger partial charge is 0.296 e. The van der Waals surface area contributed by atoms with Crippen LogP contribution >= 0.6 is 0 Å². The van der Waals surface area contributed by atoms with Crippen LogP contribution in [0.3, 0.4) is 0 Å². The van der Waals surface area contributed by atoms with Crippen LogP contribution in [-0.2, 0) is 20.8 Å². The molecule has 100 valence electrons. The molecule has 4 nitrogen and oxygen atoms in total. The molecule has 5 heteroatoms. The zero-order valence-electron chi connectivity index (χ0n) is 10.6. The van der Waals surface area contributed by atoms with Gasteiger partial charge in [0.05, 0.1) is 11.9 Å². The Labute approximate surface area is 109 Å². The first kappa shape index (κ1) is 13.5. The first-order valence-electron chi connectivity index (χ1n) is 6.26. The normalized spacial score (nSPS) is 21.3. The highest BCUT2D eigenvalue weighted by Gasteiger charge is 2.26. The number of rotatable bonds is 5. The molecule has 18 heavy (non-hydrogen) atoms. The highest BCUT2D eigenvalue weighted by atomic mass is 32.2. The van der Waals surface area contributed by atoms with Gasteiger partial charge in [0, 0.05) is 19.6 Å². The van der Waals surface area contributed by atoms with E-state index < -0.39 is 10.1 Å². The standard InChI is InChI=1S/C13H19NO3S/c1-2-18(15,16)17-13-8-9-14(11-13)10-12-6-4-3-5-7-12/h3-7,13H,2,8-11H2,1H3/t13-/m1/s1. The quantitative estimate of drug-likeness (QED) is 0.762. The van der Waals surface area contributed by atoms with Crippen LogP contribution in [0, 0.1) is 0 Å². The van der Waals surface area contributed by atoms with Gasteiger partial charge in [-0.1, -0.05) is 30.3 Å². The van der Waals surface area contributed by atoms with E-state index >= 15 is 0 Å². The predicted molar refractivity (Wildman–Crippen MR) is 70.7 cm³/mol. The van der Waals surface area contributed by atoms with Gasteiger partial charge < -0.3 is 0 Å². The number of likely N-dealkylation sites (tertiary alicyclic amines) is 1. The number of hydrogen-bond acceptors (Lipinski definition) is 4. The zero-order valence-corrected chi connectivity index (χ0v) is 11.4. The van der Waals surface area contributed by atoms with Gasteiger partial charge in [0.25, 0.3) is 10.1 Å². The van der Waals surface area contributed by atoms with Crippen LogP contribution in [0.4, 0.5) is 0 Å². The average molecular weight is 269 g/mol. The molecule has 1 aliphatic heterocycles. The van der Waals surface area contributed by atoms with Gasteiger partial charge >= 0.3 is 0 Å². The van der Waals surface area contributed by atoms with Crippen LogP contribution < -0.4 is 0 Å². The third kappa shape index (κ3) is 3.80. The molecule has 0 spiro atoms. The second-order valence-corrected chi connectivity index (χ2v) is 6.46. The highest BCUT2D eigenvalue weighted by Crippen LogP contribution is 2.17. The topological polar surface area (TPSA) is 46.6 Å². The molecule has 0 radical (unpaired) electrons. The molecule has 1 heterocycles. The first-order chi connectivity index (χ1) is 8.59. The molecule has 1 aliphatic rings. The summed E-state index contributed by atoms with van der Waals surface area (Å²) in [5, 5.41) is 0. The van der Waals surface area contributed by atoms with Gasteiger partial charge in [0.1, 0.15) is 0 Å². The van der Waals surface area contributed by atoms with Crippen molar-refractivity contribution in [1.82, 2.24) is 4.90 Å². The summed E-state index contributed by atoms with van der Waals surface area (Å²) in [5.41, 5.74) is 1.25. The van der Waals surface area contributed by atoms with Crippen molar-refractivity contribution in [3.05, 3.63) is 35.9 Å². The highest BCUT2D eigenvalue weighted by molar-refractivity contribution is 7.86. The summed E-state index contributed by atoms with van der Waals surface area (Å²) in [6, 6.07) is 10.2. The molecule has 0 bridgehead atoms. The zero-order chi connectivity index (χ0) is 13.0. The maximum Gasteiger partial charge on any atom is 0.267 e. The maximum absolute atomic E-state index is 11.4. The molecule has 1 saturated heterocycles. The lowest BCUT2D eigenvalue weighted by atomic mass is 10.2. The molecule has 1 fully saturated rings. The van der Waals surface area contributed by atoms with Crippen LogP contribution in [0.5, 0.6) is 0 Å². The summed E-state index contributed by atoms with van der Waals surface area (Å²) < 4.78 is 27.9. The van der Waals surface area contributed by atoms with Crippen LogP contribution in [0.25, 0.3) is 0 Å². The lowest BCUT2D eigenvalue weighted by Crippen LogP contribution is -2.25. The van der Waals surface area contributed by atoms with Crippen molar-refractivity contribution in [3.63, 3.8) is 0 Å². The molecule has 0 unspecified atom stereocenters. The Balaban J connectivity index is 1.86. The molecular weight excluding hydrogens is 250 g/mol. The fourth-order valence-corrected chi connectivity index (χ4v) is 2.84. The first-order valence-corrected chi connectivity index (χ1v) is 7.84. The van der Waals surface area contributed by atoms with Crippen molar-refractivity contribution in [1.29, 1.82) is 0 Å². The second-order valence-electron chi connectivity index (χ2n) is 4.57. The number of nitrogens with zero attached hydrogens (tertiary/aromatic N) is 1. The second kappa shape index (κ2) is 5.82. The Kier molecular flexibility index (Phi) is 4.37. The van der Waals surface area contributed by atoms with E-state index in [0.29, 0.717) is 6.54 Å². The van der Waals surface area contributed by atoms with E-state index in [2.05, 4.69) is 17.0 Å². The summed E-state index contributed by atoms with van der Waals surface area (Å²) in [6.07, 6.45) is 0.602. The Morgan fingerprint density at radius 3 is 2.72 bits per heavy atom. The maximum atomic E-state index is 11.4. The molecular formula is C13H19NO3S. The number of hydrogen-bond donors (Lipinski definition) is 0. The van der Waals surface area contributed by atoms with E-state index in [0.717, 1.165) is 19.5 Å². The summed E-state index contributed by atoms with van der Waals surface area (Å²) in [4.78, 5) is 2.23. The Morgan fingerprint density at radius 1 is 1.33 bits per heavy atom. The third-order valence-electron chi connectivity index (χ3n) is 3.11. The Bertz CT molecular complexity index is 472. The van der Waals surface area contributed by atoms with E-state index in [4.69, 9.17) is 4.18 Å². The van der Waals surface area contributed by atoms with Gasteiger partial charge in [-0.25, -0.2) is 0 Å². The van der Waals surface area contributed by atoms with Gasteiger partial charge in [0.2, 0.25) is 0 Å². The molecule has 0 aromatic heterocycles.